The third kappa shape index (κ3) is 1.33. The first kappa shape index (κ1) is 10.4. The predicted octanol–water partition coefficient (Wildman–Crippen LogP) is 2.41. The lowest BCUT2D eigenvalue weighted by Crippen LogP contribution is -2.15. The minimum Gasteiger partial charge on any atom is -0.294 e. The van der Waals surface area contributed by atoms with Gasteiger partial charge < -0.3 is 0 Å². The van der Waals surface area contributed by atoms with Crippen LogP contribution in [0.15, 0.2) is 0 Å². The van der Waals surface area contributed by atoms with E-state index in [2.05, 4.69) is 32.8 Å². The minimum atomic E-state index is -0.0860. The van der Waals surface area contributed by atoms with Crippen molar-refractivity contribution < 1.29 is 4.79 Å². The van der Waals surface area contributed by atoms with Crippen LogP contribution in [-0.2, 0) is 12.5 Å². The maximum absolute atomic E-state index is 12.0. The van der Waals surface area contributed by atoms with Gasteiger partial charge in [0.1, 0.15) is 0 Å². The largest absolute Gasteiger partial charge is 0.294 e. The fourth-order valence-corrected chi connectivity index (χ4v) is 2.52. The molecular weight excluding hydrogens is 188 g/mol. The van der Waals surface area contributed by atoms with Crippen molar-refractivity contribution in [2.24, 2.45) is 7.05 Å². The molecule has 0 saturated carbocycles. The molecule has 0 spiro atoms. The molecule has 15 heavy (non-hydrogen) atoms. The van der Waals surface area contributed by atoms with Crippen LogP contribution in [0.3, 0.4) is 0 Å². The number of carbonyl (C=O) groups excluding carboxylic acids is 1. The van der Waals surface area contributed by atoms with Crippen LogP contribution in [0.1, 0.15) is 61.8 Å². The van der Waals surface area contributed by atoms with Crippen LogP contribution in [-0.4, -0.2) is 15.6 Å². The Kier molecular flexibility index (Phi) is 2.04. The average molecular weight is 206 g/mol. The van der Waals surface area contributed by atoms with E-state index in [4.69, 9.17) is 0 Å². The fraction of sp³-hybridized carbons (Fsp3) is 0.667. The molecule has 0 saturated heterocycles. The van der Waals surface area contributed by atoms with Gasteiger partial charge in [-0.1, -0.05) is 27.7 Å². The molecule has 0 N–H and O–H groups in total. The summed E-state index contributed by atoms with van der Waals surface area (Å²) in [7, 11) is 1.93. The van der Waals surface area contributed by atoms with E-state index in [1.807, 2.05) is 11.7 Å². The van der Waals surface area contributed by atoms with E-state index in [9.17, 15) is 4.79 Å². The number of ketones is 1. The summed E-state index contributed by atoms with van der Waals surface area (Å²) in [4.78, 5) is 12.0. The Morgan fingerprint density at radius 3 is 2.53 bits per heavy atom. The van der Waals surface area contributed by atoms with Gasteiger partial charge >= 0.3 is 0 Å². The Morgan fingerprint density at radius 2 is 2.00 bits per heavy atom. The highest BCUT2D eigenvalue weighted by molar-refractivity contribution is 6.02. The van der Waals surface area contributed by atoms with Crippen LogP contribution in [0.25, 0.3) is 0 Å². The summed E-state index contributed by atoms with van der Waals surface area (Å²) in [6.07, 6.45) is 0.602. The Labute approximate surface area is 90.5 Å². The van der Waals surface area contributed by atoms with Gasteiger partial charge in [0.15, 0.2) is 5.78 Å². The average Bonchev–Trinajstić information content (AvgIpc) is 2.50. The first-order valence-corrected chi connectivity index (χ1v) is 5.45. The molecule has 1 heterocycles. The van der Waals surface area contributed by atoms with Gasteiger partial charge in [0.25, 0.3) is 0 Å². The molecule has 1 aromatic rings. The zero-order valence-corrected chi connectivity index (χ0v) is 10.1. The van der Waals surface area contributed by atoms with Gasteiger partial charge in [0.05, 0.1) is 17.0 Å². The van der Waals surface area contributed by atoms with E-state index < -0.39 is 0 Å². The number of fused-ring (bicyclic) bond motifs is 1. The maximum Gasteiger partial charge on any atom is 0.167 e. The smallest absolute Gasteiger partial charge is 0.167 e. The van der Waals surface area contributed by atoms with Gasteiger partial charge in [-0.25, -0.2) is 0 Å². The molecule has 1 aromatic heterocycles. The van der Waals surface area contributed by atoms with Crippen molar-refractivity contribution in [1.82, 2.24) is 9.78 Å². The summed E-state index contributed by atoms with van der Waals surface area (Å²) in [5.74, 6) is 0.607. The van der Waals surface area contributed by atoms with Crippen LogP contribution in [0.2, 0.25) is 0 Å². The Bertz CT molecular complexity index is 427. The summed E-state index contributed by atoms with van der Waals surface area (Å²) in [6.45, 7) is 8.40. The van der Waals surface area contributed by atoms with Crippen LogP contribution < -0.4 is 0 Å². The molecule has 2 rings (SSSR count). The number of carbonyl (C=O) groups is 1. The second-order valence-electron chi connectivity index (χ2n) is 5.37. The van der Waals surface area contributed by atoms with Crippen molar-refractivity contribution in [3.63, 3.8) is 0 Å². The first-order valence-electron chi connectivity index (χ1n) is 5.45. The normalized spacial score (nSPS) is 18.7. The summed E-state index contributed by atoms with van der Waals surface area (Å²) < 4.78 is 1.87. The first-order chi connectivity index (χ1) is 6.84. The van der Waals surface area contributed by atoms with E-state index in [-0.39, 0.29) is 11.2 Å². The molecule has 1 aliphatic carbocycles. The van der Waals surface area contributed by atoms with Gasteiger partial charge in [-0.15, -0.1) is 0 Å². The number of aryl methyl sites for hydroxylation is 1. The van der Waals surface area contributed by atoms with Crippen molar-refractivity contribution in [3.8, 4) is 0 Å². The summed E-state index contributed by atoms with van der Waals surface area (Å²) in [5, 5.41) is 4.51. The second kappa shape index (κ2) is 2.94. The number of hydrogen-bond donors (Lipinski definition) is 0. The number of Topliss-reactive ketones (excluding diaryl/α,β-unsaturated/α-hetero) is 1. The van der Waals surface area contributed by atoms with Gasteiger partial charge in [0.2, 0.25) is 0 Å². The molecule has 0 fully saturated rings. The van der Waals surface area contributed by atoms with Crippen molar-refractivity contribution in [2.45, 2.75) is 45.4 Å². The number of aromatic nitrogens is 2. The number of nitrogens with zero attached hydrogens (tertiary/aromatic N) is 2. The molecule has 0 unspecified atom stereocenters. The fourth-order valence-electron chi connectivity index (χ4n) is 2.52. The van der Waals surface area contributed by atoms with Crippen LogP contribution >= 0.6 is 0 Å². The molecule has 0 atom stereocenters. The van der Waals surface area contributed by atoms with E-state index >= 15 is 0 Å². The third-order valence-corrected chi connectivity index (χ3v) is 3.16. The van der Waals surface area contributed by atoms with Crippen molar-refractivity contribution in [2.75, 3.05) is 0 Å². The van der Waals surface area contributed by atoms with Crippen molar-refractivity contribution in [1.29, 1.82) is 0 Å². The highest BCUT2D eigenvalue weighted by Gasteiger charge is 2.41. The molecule has 0 aromatic carbocycles. The summed E-state index contributed by atoms with van der Waals surface area (Å²) >= 11 is 0. The standard InChI is InChI=1S/C12H18N2O/c1-7(2)10-9-8(15)6-12(3,4)11(9)13-14(10)5/h7H,6H2,1-5H3. The Morgan fingerprint density at radius 1 is 1.40 bits per heavy atom. The zero-order valence-electron chi connectivity index (χ0n) is 10.1. The number of hydrogen-bond acceptors (Lipinski definition) is 2. The van der Waals surface area contributed by atoms with E-state index in [0.717, 1.165) is 17.0 Å². The second-order valence-corrected chi connectivity index (χ2v) is 5.37. The summed E-state index contributed by atoms with van der Waals surface area (Å²) in [6, 6.07) is 0. The van der Waals surface area contributed by atoms with Crippen molar-refractivity contribution in [3.05, 3.63) is 17.0 Å². The molecule has 1 aliphatic rings. The topological polar surface area (TPSA) is 34.9 Å². The highest BCUT2D eigenvalue weighted by atomic mass is 16.1. The monoisotopic (exact) mass is 206 g/mol. The molecule has 3 heteroatoms. The van der Waals surface area contributed by atoms with Gasteiger partial charge in [-0.3, -0.25) is 9.48 Å². The highest BCUT2D eigenvalue weighted by Crippen LogP contribution is 2.40. The van der Waals surface area contributed by atoms with E-state index in [1.54, 1.807) is 0 Å². The van der Waals surface area contributed by atoms with Gasteiger partial charge in [-0.05, 0) is 5.92 Å². The number of rotatable bonds is 1. The van der Waals surface area contributed by atoms with Crippen LogP contribution in [0, 0.1) is 0 Å². The Balaban J connectivity index is 2.69. The Hall–Kier alpha value is -1.12. The SMILES string of the molecule is CC(C)c1c2c(nn1C)C(C)(C)CC2=O. The molecule has 0 bridgehead atoms. The molecule has 0 amide bonds. The lowest BCUT2D eigenvalue weighted by Gasteiger charge is -2.14. The van der Waals surface area contributed by atoms with Gasteiger partial charge in [0, 0.05) is 18.9 Å². The van der Waals surface area contributed by atoms with Crippen LogP contribution in [0.5, 0.6) is 0 Å². The molecule has 3 nitrogen and oxygen atoms in total. The van der Waals surface area contributed by atoms with E-state index in [0.29, 0.717) is 12.3 Å². The van der Waals surface area contributed by atoms with Crippen LogP contribution in [0.4, 0.5) is 0 Å². The minimum absolute atomic E-state index is 0.0860. The quantitative estimate of drug-likeness (QED) is 0.707. The van der Waals surface area contributed by atoms with Gasteiger partial charge in [-0.2, -0.15) is 5.10 Å². The molecule has 82 valence electrons. The lowest BCUT2D eigenvalue weighted by molar-refractivity contribution is 0.0977. The molecule has 0 radical (unpaired) electrons. The zero-order chi connectivity index (χ0) is 11.4. The predicted molar refractivity (Wildman–Crippen MR) is 59.3 cm³/mol. The molecular formula is C12H18N2O. The maximum atomic E-state index is 12.0. The van der Waals surface area contributed by atoms with Crippen molar-refractivity contribution >= 4 is 5.78 Å². The lowest BCUT2D eigenvalue weighted by atomic mass is 9.91. The van der Waals surface area contributed by atoms with E-state index in [1.165, 1.54) is 0 Å². The molecule has 0 aliphatic heterocycles. The third-order valence-electron chi connectivity index (χ3n) is 3.16. The summed E-state index contributed by atoms with van der Waals surface area (Å²) in [5.41, 5.74) is 2.87.